The predicted octanol–water partition coefficient (Wildman–Crippen LogP) is 5.76. The largest absolute Gasteiger partial charge is 0.435 e. The van der Waals surface area contributed by atoms with Gasteiger partial charge in [-0.3, -0.25) is 4.79 Å². The molecule has 0 aromatic rings. The maximum Gasteiger partial charge on any atom is 0.310 e. The molecular weight excluding hydrogens is 236 g/mol. The van der Waals surface area contributed by atoms with Crippen molar-refractivity contribution in [1.29, 1.82) is 0 Å². The summed E-state index contributed by atoms with van der Waals surface area (Å²) in [6.07, 6.45) is 17.6. The number of allylic oxidation sites excluding steroid dienone is 1. The molecule has 2 nitrogen and oxygen atoms in total. The van der Waals surface area contributed by atoms with Crippen LogP contribution in [0.3, 0.4) is 0 Å². The van der Waals surface area contributed by atoms with Crippen LogP contribution >= 0.6 is 0 Å². The third-order valence-corrected chi connectivity index (χ3v) is 3.24. The molecule has 112 valence electrons. The molecule has 0 fully saturated rings. The quantitative estimate of drug-likeness (QED) is 0.241. The van der Waals surface area contributed by atoms with Crippen LogP contribution in [0.2, 0.25) is 0 Å². The van der Waals surface area contributed by atoms with Gasteiger partial charge in [-0.25, -0.2) is 0 Å². The summed E-state index contributed by atoms with van der Waals surface area (Å²) in [7, 11) is 0. The maximum absolute atomic E-state index is 11.3. The van der Waals surface area contributed by atoms with Gasteiger partial charge in [0, 0.05) is 6.42 Å². The lowest BCUT2D eigenvalue weighted by Gasteiger charge is -2.01. The van der Waals surface area contributed by atoms with E-state index in [4.69, 9.17) is 4.74 Å². The van der Waals surface area contributed by atoms with Crippen molar-refractivity contribution in [3.05, 3.63) is 12.3 Å². The van der Waals surface area contributed by atoms with Crippen LogP contribution in [-0.2, 0) is 9.53 Å². The van der Waals surface area contributed by atoms with Gasteiger partial charge in [0.05, 0.1) is 6.26 Å². The highest BCUT2D eigenvalue weighted by atomic mass is 16.5. The smallest absolute Gasteiger partial charge is 0.310 e. The van der Waals surface area contributed by atoms with E-state index < -0.39 is 0 Å². The zero-order chi connectivity index (χ0) is 14.2. The van der Waals surface area contributed by atoms with Crippen molar-refractivity contribution in [1.82, 2.24) is 0 Å². The first-order valence-electron chi connectivity index (χ1n) is 8.15. The zero-order valence-electron chi connectivity index (χ0n) is 13.0. The molecule has 0 N–H and O–H groups in total. The van der Waals surface area contributed by atoms with Gasteiger partial charge in [0.25, 0.3) is 0 Å². The molecule has 0 aliphatic rings. The van der Waals surface area contributed by atoms with Crippen molar-refractivity contribution in [2.75, 3.05) is 0 Å². The number of carbonyl (C=O) groups is 1. The van der Waals surface area contributed by atoms with Gasteiger partial charge in [-0.2, -0.15) is 0 Å². The number of hydrogen-bond donors (Lipinski definition) is 0. The van der Waals surface area contributed by atoms with Crippen molar-refractivity contribution in [2.24, 2.45) is 0 Å². The molecule has 0 rings (SSSR count). The van der Waals surface area contributed by atoms with Crippen LogP contribution in [-0.4, -0.2) is 5.97 Å². The van der Waals surface area contributed by atoms with Crippen molar-refractivity contribution in [3.63, 3.8) is 0 Å². The molecule has 0 heterocycles. The van der Waals surface area contributed by atoms with E-state index >= 15 is 0 Å². The zero-order valence-corrected chi connectivity index (χ0v) is 13.0. The second-order valence-corrected chi connectivity index (χ2v) is 5.23. The van der Waals surface area contributed by atoms with Crippen LogP contribution < -0.4 is 0 Å². The van der Waals surface area contributed by atoms with Crippen LogP contribution in [0.1, 0.15) is 90.9 Å². The van der Waals surface area contributed by atoms with Gasteiger partial charge in [0.1, 0.15) is 0 Å². The van der Waals surface area contributed by atoms with E-state index in [9.17, 15) is 4.79 Å². The highest BCUT2D eigenvalue weighted by Gasteiger charge is 2.00. The number of esters is 1. The summed E-state index contributed by atoms with van der Waals surface area (Å²) in [5, 5.41) is 0. The van der Waals surface area contributed by atoms with Crippen molar-refractivity contribution < 1.29 is 9.53 Å². The van der Waals surface area contributed by atoms with E-state index in [1.165, 1.54) is 44.9 Å². The second-order valence-electron chi connectivity index (χ2n) is 5.23. The molecule has 0 amide bonds. The SMILES string of the molecule is CCCC=COC(=O)CCCCCCCCCCC. The summed E-state index contributed by atoms with van der Waals surface area (Å²) in [6.45, 7) is 4.35. The van der Waals surface area contributed by atoms with Crippen molar-refractivity contribution in [3.8, 4) is 0 Å². The topological polar surface area (TPSA) is 26.3 Å². The third-order valence-electron chi connectivity index (χ3n) is 3.24. The minimum atomic E-state index is -0.0877. The summed E-state index contributed by atoms with van der Waals surface area (Å²) in [6, 6.07) is 0. The molecule has 0 saturated carbocycles. The third kappa shape index (κ3) is 15.2. The van der Waals surface area contributed by atoms with Gasteiger partial charge in [-0.05, 0) is 18.9 Å². The predicted molar refractivity (Wildman–Crippen MR) is 82.0 cm³/mol. The standard InChI is InChI=1S/C17H32O2/c1-3-5-7-8-9-10-11-12-13-15-17(18)19-16-14-6-4-2/h14,16H,3-13,15H2,1-2H3. The van der Waals surface area contributed by atoms with E-state index in [0.717, 1.165) is 25.7 Å². The monoisotopic (exact) mass is 268 g/mol. The minimum Gasteiger partial charge on any atom is -0.435 e. The van der Waals surface area contributed by atoms with Crippen LogP contribution in [0, 0.1) is 0 Å². The Morgan fingerprint density at radius 3 is 2.00 bits per heavy atom. The Bertz CT molecular complexity index is 221. The summed E-state index contributed by atoms with van der Waals surface area (Å²) in [5.41, 5.74) is 0. The Hall–Kier alpha value is -0.790. The maximum atomic E-state index is 11.3. The van der Waals surface area contributed by atoms with Crippen molar-refractivity contribution >= 4 is 5.97 Å². The Kier molecular flexibility index (Phi) is 14.6. The molecule has 0 spiro atoms. The molecule has 0 saturated heterocycles. The van der Waals surface area contributed by atoms with E-state index in [2.05, 4.69) is 13.8 Å². The average Bonchev–Trinajstić information content (AvgIpc) is 2.42. The number of hydrogen-bond acceptors (Lipinski definition) is 2. The fourth-order valence-corrected chi connectivity index (χ4v) is 2.00. The first-order valence-corrected chi connectivity index (χ1v) is 8.15. The van der Waals surface area contributed by atoms with Gasteiger partial charge in [-0.1, -0.05) is 71.6 Å². The van der Waals surface area contributed by atoms with Gasteiger partial charge in [-0.15, -0.1) is 0 Å². The van der Waals surface area contributed by atoms with Gasteiger partial charge < -0.3 is 4.74 Å². The Balaban J connectivity index is 3.18. The summed E-state index contributed by atoms with van der Waals surface area (Å²) < 4.78 is 5.00. The van der Waals surface area contributed by atoms with Crippen molar-refractivity contribution in [2.45, 2.75) is 90.9 Å². The Morgan fingerprint density at radius 1 is 0.842 bits per heavy atom. The van der Waals surface area contributed by atoms with Crippen LogP contribution in [0.25, 0.3) is 0 Å². The Labute approximate surface area is 119 Å². The fraction of sp³-hybridized carbons (Fsp3) is 0.824. The second kappa shape index (κ2) is 15.3. The minimum absolute atomic E-state index is 0.0877. The number of ether oxygens (including phenoxy) is 1. The summed E-state index contributed by atoms with van der Waals surface area (Å²) in [4.78, 5) is 11.3. The molecule has 2 heteroatoms. The average molecular weight is 268 g/mol. The molecule has 0 aromatic carbocycles. The lowest BCUT2D eigenvalue weighted by atomic mass is 10.1. The first kappa shape index (κ1) is 18.2. The number of rotatable bonds is 13. The lowest BCUT2D eigenvalue weighted by molar-refractivity contribution is -0.138. The van der Waals surface area contributed by atoms with Crippen LogP contribution in [0.5, 0.6) is 0 Å². The molecular formula is C17H32O2. The molecule has 0 unspecified atom stereocenters. The molecule has 0 aliphatic heterocycles. The van der Waals surface area contributed by atoms with Crippen LogP contribution in [0.15, 0.2) is 12.3 Å². The highest BCUT2D eigenvalue weighted by molar-refractivity contribution is 5.69. The highest BCUT2D eigenvalue weighted by Crippen LogP contribution is 2.10. The van der Waals surface area contributed by atoms with Gasteiger partial charge in [0.2, 0.25) is 0 Å². The first-order chi connectivity index (χ1) is 9.31. The summed E-state index contributed by atoms with van der Waals surface area (Å²) in [5.74, 6) is -0.0877. The number of carbonyl (C=O) groups excluding carboxylic acids is 1. The fourth-order valence-electron chi connectivity index (χ4n) is 2.00. The molecule has 0 atom stereocenters. The van der Waals surface area contributed by atoms with E-state index in [1.807, 2.05) is 6.08 Å². The molecule has 0 bridgehead atoms. The lowest BCUT2D eigenvalue weighted by Crippen LogP contribution is -1.98. The van der Waals surface area contributed by atoms with E-state index in [0.29, 0.717) is 6.42 Å². The number of unbranched alkanes of at least 4 members (excludes halogenated alkanes) is 9. The normalized spacial score (nSPS) is 11.1. The molecule has 0 radical (unpaired) electrons. The van der Waals surface area contributed by atoms with E-state index in [-0.39, 0.29) is 5.97 Å². The molecule has 0 aliphatic carbocycles. The summed E-state index contributed by atoms with van der Waals surface area (Å²) >= 11 is 0. The van der Waals surface area contributed by atoms with Crippen LogP contribution in [0.4, 0.5) is 0 Å². The molecule has 0 aromatic heterocycles. The van der Waals surface area contributed by atoms with E-state index in [1.54, 1.807) is 6.26 Å². The van der Waals surface area contributed by atoms with Gasteiger partial charge in [0.15, 0.2) is 0 Å². The molecule has 19 heavy (non-hydrogen) atoms. The van der Waals surface area contributed by atoms with Gasteiger partial charge >= 0.3 is 5.97 Å². The Morgan fingerprint density at radius 2 is 1.42 bits per heavy atom.